The van der Waals surface area contributed by atoms with Gasteiger partial charge >= 0.3 is 236 Å². The first-order valence-electron chi connectivity index (χ1n) is 6.38. The summed E-state index contributed by atoms with van der Waals surface area (Å²) in [5.41, 5.74) is 0. The van der Waals surface area contributed by atoms with Gasteiger partial charge in [0.25, 0.3) is 0 Å². The molecule has 0 bridgehead atoms. The van der Waals surface area contributed by atoms with Crippen LogP contribution in [0, 0.1) is 0 Å². The number of aliphatic hydroxyl groups excluding tert-OH is 2. The molecule has 0 aliphatic heterocycles. The van der Waals surface area contributed by atoms with Crippen LogP contribution in [0.25, 0.3) is 0 Å². The molecule has 0 spiro atoms. The van der Waals surface area contributed by atoms with Gasteiger partial charge in [-0.25, -0.2) is 0 Å². The third-order valence-electron chi connectivity index (χ3n) is 3.00. The van der Waals surface area contributed by atoms with Gasteiger partial charge in [0, 0.05) is 0 Å². The molecular formula is C6H8Na8O18P4. The second-order valence-corrected chi connectivity index (χ2v) is 9.47. The summed E-state index contributed by atoms with van der Waals surface area (Å²) in [6.07, 6.45) is -17.6. The minimum Gasteiger partial charge on any atom is -0.790 e. The average molecular weight is 676 g/mol. The van der Waals surface area contributed by atoms with Crippen LogP contribution >= 0.6 is 31.3 Å². The minimum atomic E-state index is -6.28. The van der Waals surface area contributed by atoms with Gasteiger partial charge in [0.05, 0.1) is 31.3 Å². The third-order valence-corrected chi connectivity index (χ3v) is 5.00. The van der Waals surface area contributed by atoms with Crippen molar-refractivity contribution in [3.05, 3.63) is 0 Å². The molecule has 1 rings (SSSR count). The van der Waals surface area contributed by atoms with E-state index in [9.17, 15) is 67.6 Å². The summed E-state index contributed by atoms with van der Waals surface area (Å²) < 4.78 is 58.0. The number of phosphoric ester groups is 4. The maximum atomic E-state index is 10.8. The third kappa shape index (κ3) is 26.4. The number of aliphatic hydroxyl groups is 2. The van der Waals surface area contributed by atoms with Crippen LogP contribution in [0.2, 0.25) is 0 Å². The predicted octanol–water partition coefficient (Wildman–Crippen LogP) is -32.4. The molecule has 0 aromatic rings. The average Bonchev–Trinajstić information content (AvgIpc) is 2.39. The van der Waals surface area contributed by atoms with Crippen molar-refractivity contribution >= 4 is 31.3 Å². The molecule has 1 aliphatic rings. The summed E-state index contributed by atoms with van der Waals surface area (Å²) in [6.45, 7) is 0. The number of rotatable bonds is 8. The summed E-state index contributed by atoms with van der Waals surface area (Å²) in [5, 5.41) is 19.5. The van der Waals surface area contributed by atoms with Gasteiger partial charge < -0.3 is 85.7 Å². The Labute approximate surface area is 381 Å². The molecule has 18 nitrogen and oxygen atoms in total. The van der Waals surface area contributed by atoms with Crippen LogP contribution in [0.3, 0.4) is 0 Å². The fourth-order valence-corrected chi connectivity index (χ4v) is 4.39. The number of phosphoric acid groups is 4. The van der Waals surface area contributed by atoms with Crippen molar-refractivity contribution in [3.63, 3.8) is 0 Å². The normalized spacial score (nSPS) is 25.7. The van der Waals surface area contributed by atoms with Gasteiger partial charge in [-0.15, -0.1) is 0 Å². The molecule has 0 unspecified atom stereocenters. The maximum absolute atomic E-state index is 10.8. The fourth-order valence-electron chi connectivity index (χ4n) is 2.23. The molecular weight excluding hydrogens is 668 g/mol. The quantitative estimate of drug-likeness (QED) is 0.178. The van der Waals surface area contributed by atoms with Crippen LogP contribution in [0.4, 0.5) is 0 Å². The van der Waals surface area contributed by atoms with Gasteiger partial charge in [-0.1, -0.05) is 0 Å². The van der Waals surface area contributed by atoms with E-state index in [-0.39, 0.29) is 236 Å². The van der Waals surface area contributed by atoms with Gasteiger partial charge in [0.1, 0.15) is 36.6 Å². The summed E-state index contributed by atoms with van der Waals surface area (Å²) in [7, 11) is -24.9. The van der Waals surface area contributed by atoms with Crippen LogP contribution in [-0.2, 0) is 36.4 Å². The SMILES string of the molecule is O=P([O-])([O-])O[C@H]1[C@H](OP(=O)([O-])[O-])[C@@H](OP(=O)([O-])[O-])[C@H](O)[C@@H](O)[C@H]1OP(=O)([O-])[O-].[Na+].[Na+].[Na+].[Na+].[Na+].[Na+].[Na+].[Na+]. The molecule has 0 heterocycles. The minimum absolute atomic E-state index is 0. The predicted molar refractivity (Wildman–Crippen MR) is 61.9 cm³/mol. The Morgan fingerprint density at radius 1 is 0.389 bits per heavy atom. The Morgan fingerprint density at radius 3 is 0.667 bits per heavy atom. The van der Waals surface area contributed by atoms with E-state index < -0.39 is 67.9 Å². The molecule has 0 saturated heterocycles. The first-order valence-corrected chi connectivity index (χ1v) is 12.2. The standard InChI is InChI=1S/C6H16O18P4.8Na/c7-1-2(8)4(22-26(12,13)14)6(24-28(18,19)20)5(23-27(15,16)17)3(1)21-25(9,10)11;;;;;;;;/h1-8H,(H2,9,10,11)(H2,12,13,14)(H2,15,16,17)(H2,18,19,20);;;;;;;;/q;8*+1/p-8/t1-,2-,3-,4+,5-,6-;;;;;;;;/m1......../s1. The summed E-state index contributed by atoms with van der Waals surface area (Å²) >= 11 is 0. The Morgan fingerprint density at radius 2 is 0.528 bits per heavy atom. The van der Waals surface area contributed by atoms with Crippen molar-refractivity contribution in [2.75, 3.05) is 0 Å². The molecule has 1 fully saturated rings. The van der Waals surface area contributed by atoms with E-state index in [0.717, 1.165) is 0 Å². The van der Waals surface area contributed by atoms with Crippen LogP contribution in [-0.4, -0.2) is 46.8 Å². The Bertz CT molecular complexity index is 692. The molecule has 1 saturated carbocycles. The van der Waals surface area contributed by atoms with Crippen molar-refractivity contribution in [2.45, 2.75) is 36.6 Å². The Kier molecular flexibility index (Phi) is 46.1. The van der Waals surface area contributed by atoms with Gasteiger partial charge in [-0.05, 0) is 0 Å². The Balaban J connectivity index is -0.000000163. The van der Waals surface area contributed by atoms with Crippen molar-refractivity contribution in [3.8, 4) is 0 Å². The van der Waals surface area contributed by atoms with Gasteiger partial charge in [0.15, 0.2) is 0 Å². The first-order chi connectivity index (χ1) is 12.2. The molecule has 0 radical (unpaired) electrons. The summed E-state index contributed by atoms with van der Waals surface area (Å²) in [6, 6.07) is 0. The van der Waals surface area contributed by atoms with E-state index in [1.54, 1.807) is 0 Å². The molecule has 0 amide bonds. The number of hydrogen-bond acceptors (Lipinski definition) is 18. The van der Waals surface area contributed by atoms with Crippen molar-refractivity contribution < 1.29 is 322 Å². The van der Waals surface area contributed by atoms with E-state index in [2.05, 4.69) is 18.1 Å². The molecule has 30 heteroatoms. The second-order valence-electron chi connectivity index (χ2n) is 5.05. The van der Waals surface area contributed by atoms with E-state index in [1.165, 1.54) is 0 Å². The zero-order valence-electron chi connectivity index (χ0n) is 20.7. The van der Waals surface area contributed by atoms with Crippen LogP contribution < -0.4 is 276 Å². The zero-order chi connectivity index (χ0) is 22.3. The monoisotopic (exact) mass is 676 g/mol. The summed E-state index contributed by atoms with van der Waals surface area (Å²) in [4.78, 5) is 86.3. The fraction of sp³-hybridized carbons (Fsp3) is 1.00. The molecule has 0 aromatic carbocycles. The molecule has 1 aliphatic carbocycles. The molecule has 2 N–H and O–H groups in total. The van der Waals surface area contributed by atoms with Crippen molar-refractivity contribution in [2.24, 2.45) is 0 Å². The van der Waals surface area contributed by atoms with E-state index in [4.69, 9.17) is 0 Å². The second kappa shape index (κ2) is 26.3. The molecule has 6 atom stereocenters. The van der Waals surface area contributed by atoms with Gasteiger partial charge in [-0.2, -0.15) is 0 Å². The topological polar surface area (TPSA) is 330 Å². The Hall–Kier alpha value is 8.36. The van der Waals surface area contributed by atoms with Gasteiger partial charge in [-0.3, -0.25) is 0 Å². The maximum Gasteiger partial charge on any atom is 1.00 e. The van der Waals surface area contributed by atoms with E-state index in [0.29, 0.717) is 0 Å². The molecule has 168 valence electrons. The molecule has 36 heavy (non-hydrogen) atoms. The largest absolute Gasteiger partial charge is 1.00 e. The first kappa shape index (κ1) is 63.1. The van der Waals surface area contributed by atoms with E-state index in [1.807, 2.05) is 0 Å². The molecule has 0 aromatic heterocycles. The van der Waals surface area contributed by atoms with Crippen LogP contribution in [0.5, 0.6) is 0 Å². The summed E-state index contributed by atoms with van der Waals surface area (Å²) in [5.74, 6) is 0. The zero-order valence-corrected chi connectivity index (χ0v) is 40.3. The van der Waals surface area contributed by atoms with Crippen molar-refractivity contribution in [1.29, 1.82) is 0 Å². The van der Waals surface area contributed by atoms with Crippen molar-refractivity contribution in [1.82, 2.24) is 0 Å². The van der Waals surface area contributed by atoms with Crippen LogP contribution in [0.1, 0.15) is 0 Å². The number of hydrogen-bond donors (Lipinski definition) is 2. The smallest absolute Gasteiger partial charge is 0.790 e. The van der Waals surface area contributed by atoms with Gasteiger partial charge in [0.2, 0.25) is 0 Å². The van der Waals surface area contributed by atoms with Crippen LogP contribution in [0.15, 0.2) is 0 Å². The van der Waals surface area contributed by atoms with E-state index >= 15 is 0 Å².